The maximum absolute atomic E-state index is 12.0. The number of ether oxygens (including phenoxy) is 1. The third-order valence-corrected chi connectivity index (χ3v) is 3.84. The Labute approximate surface area is 126 Å². The number of esters is 1. The Balaban J connectivity index is 1.95. The summed E-state index contributed by atoms with van der Waals surface area (Å²) in [6.07, 6.45) is 1.83. The lowest BCUT2D eigenvalue weighted by atomic mass is 9.94. The van der Waals surface area contributed by atoms with Gasteiger partial charge in [-0.05, 0) is 38.4 Å². The molecule has 1 aliphatic heterocycles. The number of benzene rings is 1. The molecule has 4 heteroatoms. The summed E-state index contributed by atoms with van der Waals surface area (Å²) < 4.78 is 5.02. The van der Waals surface area contributed by atoms with Gasteiger partial charge in [-0.2, -0.15) is 0 Å². The lowest BCUT2D eigenvalue weighted by Crippen LogP contribution is -2.35. The number of nitrogens with zero attached hydrogens (tertiary/aromatic N) is 1. The zero-order valence-corrected chi connectivity index (χ0v) is 12.6. The third-order valence-electron chi connectivity index (χ3n) is 3.84. The predicted octanol–water partition coefficient (Wildman–Crippen LogP) is 2.42. The van der Waals surface area contributed by atoms with E-state index in [2.05, 4.69) is 17.0 Å². The van der Waals surface area contributed by atoms with Crippen LogP contribution in [0.25, 0.3) is 0 Å². The average molecular weight is 289 g/mol. The molecule has 0 N–H and O–H groups in total. The quantitative estimate of drug-likeness (QED) is 0.631. The van der Waals surface area contributed by atoms with Crippen LogP contribution in [-0.4, -0.2) is 36.3 Å². The van der Waals surface area contributed by atoms with Gasteiger partial charge in [-0.3, -0.25) is 14.5 Å². The number of rotatable bonds is 4. The number of carbonyl (C=O) groups is 2. The van der Waals surface area contributed by atoms with Crippen LogP contribution in [0.2, 0.25) is 0 Å². The van der Waals surface area contributed by atoms with E-state index in [0.29, 0.717) is 19.4 Å². The van der Waals surface area contributed by atoms with Gasteiger partial charge in [0.25, 0.3) is 0 Å². The average Bonchev–Trinajstić information content (AvgIpc) is 2.46. The second kappa shape index (κ2) is 7.93. The van der Waals surface area contributed by atoms with Crippen LogP contribution in [0.4, 0.5) is 0 Å². The van der Waals surface area contributed by atoms with Crippen molar-refractivity contribution >= 4 is 11.8 Å². The van der Waals surface area contributed by atoms with Crippen LogP contribution in [0.1, 0.15) is 31.7 Å². The molecule has 0 amide bonds. The number of carbonyl (C=O) groups excluding carboxylic acids is 2. The molecule has 0 unspecified atom stereocenters. The maximum Gasteiger partial charge on any atom is 0.316 e. The first kappa shape index (κ1) is 15.7. The molecule has 1 aliphatic rings. The van der Waals surface area contributed by atoms with E-state index in [9.17, 15) is 9.59 Å². The lowest BCUT2D eigenvalue weighted by molar-refractivity contribution is -0.152. The Kier molecular flexibility index (Phi) is 5.93. The monoisotopic (exact) mass is 289 g/mol. The topological polar surface area (TPSA) is 46.6 Å². The Morgan fingerprint density at radius 2 is 2.05 bits per heavy atom. The van der Waals surface area contributed by atoms with Crippen molar-refractivity contribution in [3.05, 3.63) is 35.9 Å². The molecule has 0 saturated carbocycles. The molecule has 4 nitrogen and oxygen atoms in total. The molecule has 1 heterocycles. The van der Waals surface area contributed by atoms with E-state index in [1.807, 2.05) is 18.2 Å². The fourth-order valence-corrected chi connectivity index (χ4v) is 2.73. The molecule has 0 radical (unpaired) electrons. The second-order valence-electron chi connectivity index (χ2n) is 5.42. The molecule has 1 atom stereocenters. The SMILES string of the molecule is CCOC(=O)[C@@H]1CCN(Cc2ccccc2)CCCC1=O. The minimum absolute atomic E-state index is 0.0350. The number of hydrogen-bond acceptors (Lipinski definition) is 4. The summed E-state index contributed by atoms with van der Waals surface area (Å²) in [7, 11) is 0. The fourth-order valence-electron chi connectivity index (χ4n) is 2.73. The summed E-state index contributed by atoms with van der Waals surface area (Å²) in [6.45, 7) is 4.62. The first-order valence-electron chi connectivity index (χ1n) is 7.66. The Morgan fingerprint density at radius 1 is 1.29 bits per heavy atom. The van der Waals surface area contributed by atoms with Crippen LogP contribution in [-0.2, 0) is 20.9 Å². The molecule has 1 fully saturated rings. The summed E-state index contributed by atoms with van der Waals surface area (Å²) in [5.41, 5.74) is 1.26. The zero-order valence-electron chi connectivity index (χ0n) is 12.6. The molecule has 114 valence electrons. The molecule has 0 spiro atoms. The molecular formula is C17H23NO3. The minimum atomic E-state index is -0.580. The van der Waals surface area contributed by atoms with Gasteiger partial charge in [-0.15, -0.1) is 0 Å². The summed E-state index contributed by atoms with van der Waals surface area (Å²) in [4.78, 5) is 26.2. The number of ketones is 1. The zero-order chi connectivity index (χ0) is 15.1. The molecule has 1 saturated heterocycles. The van der Waals surface area contributed by atoms with Crippen molar-refractivity contribution in [3.8, 4) is 0 Å². The van der Waals surface area contributed by atoms with Gasteiger partial charge in [-0.1, -0.05) is 30.3 Å². The minimum Gasteiger partial charge on any atom is -0.465 e. The van der Waals surface area contributed by atoms with Gasteiger partial charge >= 0.3 is 5.97 Å². The standard InChI is InChI=1S/C17H23NO3/c1-2-21-17(20)15-10-12-18(11-6-9-16(15)19)13-14-7-4-3-5-8-14/h3-5,7-8,15H,2,6,9-13H2,1H3/t15-/m1/s1. The molecular weight excluding hydrogens is 266 g/mol. The van der Waals surface area contributed by atoms with Crippen molar-refractivity contribution in [2.24, 2.45) is 5.92 Å². The van der Waals surface area contributed by atoms with E-state index >= 15 is 0 Å². The van der Waals surface area contributed by atoms with Crippen LogP contribution in [0.5, 0.6) is 0 Å². The Hall–Kier alpha value is -1.68. The summed E-state index contributed by atoms with van der Waals surface area (Å²) in [5.74, 6) is -0.902. The highest BCUT2D eigenvalue weighted by atomic mass is 16.5. The van der Waals surface area contributed by atoms with Crippen molar-refractivity contribution < 1.29 is 14.3 Å². The highest BCUT2D eigenvalue weighted by molar-refractivity contribution is 5.99. The van der Waals surface area contributed by atoms with Crippen molar-refractivity contribution in [2.45, 2.75) is 32.7 Å². The van der Waals surface area contributed by atoms with E-state index < -0.39 is 5.92 Å². The van der Waals surface area contributed by atoms with Gasteiger partial charge in [0.2, 0.25) is 0 Å². The van der Waals surface area contributed by atoms with E-state index in [1.54, 1.807) is 6.92 Å². The predicted molar refractivity (Wildman–Crippen MR) is 80.7 cm³/mol. The number of likely N-dealkylation sites (tertiary alicyclic amines) is 1. The van der Waals surface area contributed by atoms with Gasteiger partial charge in [0.05, 0.1) is 6.61 Å². The maximum atomic E-state index is 12.0. The number of hydrogen-bond donors (Lipinski definition) is 0. The first-order chi connectivity index (χ1) is 10.2. The summed E-state index contributed by atoms with van der Waals surface area (Å²) in [6, 6.07) is 10.3. The van der Waals surface area contributed by atoms with Gasteiger partial charge < -0.3 is 4.74 Å². The highest BCUT2D eigenvalue weighted by Crippen LogP contribution is 2.17. The van der Waals surface area contributed by atoms with Crippen molar-refractivity contribution in [1.82, 2.24) is 4.90 Å². The third kappa shape index (κ3) is 4.67. The molecule has 2 rings (SSSR count). The van der Waals surface area contributed by atoms with Crippen molar-refractivity contribution in [2.75, 3.05) is 19.7 Å². The van der Waals surface area contributed by atoms with Crippen LogP contribution < -0.4 is 0 Å². The number of Topliss-reactive ketones (excluding diaryl/α,β-unsaturated/α-hetero) is 1. The van der Waals surface area contributed by atoms with Crippen LogP contribution in [0, 0.1) is 5.92 Å². The van der Waals surface area contributed by atoms with Gasteiger partial charge in [0, 0.05) is 13.0 Å². The highest BCUT2D eigenvalue weighted by Gasteiger charge is 2.29. The largest absolute Gasteiger partial charge is 0.465 e. The van der Waals surface area contributed by atoms with E-state index in [1.165, 1.54) is 5.56 Å². The summed E-state index contributed by atoms with van der Waals surface area (Å²) in [5, 5.41) is 0. The van der Waals surface area contributed by atoms with Crippen LogP contribution in [0.15, 0.2) is 30.3 Å². The van der Waals surface area contributed by atoms with Gasteiger partial charge in [0.1, 0.15) is 11.7 Å². The first-order valence-corrected chi connectivity index (χ1v) is 7.66. The Morgan fingerprint density at radius 3 is 2.76 bits per heavy atom. The fraction of sp³-hybridized carbons (Fsp3) is 0.529. The molecule has 21 heavy (non-hydrogen) atoms. The summed E-state index contributed by atoms with van der Waals surface area (Å²) >= 11 is 0. The normalized spacial score (nSPS) is 20.6. The van der Waals surface area contributed by atoms with Crippen LogP contribution >= 0.6 is 0 Å². The van der Waals surface area contributed by atoms with Gasteiger partial charge in [0.15, 0.2) is 0 Å². The molecule has 1 aromatic carbocycles. The van der Waals surface area contributed by atoms with E-state index in [0.717, 1.165) is 26.1 Å². The smallest absolute Gasteiger partial charge is 0.316 e. The molecule has 0 bridgehead atoms. The van der Waals surface area contributed by atoms with Crippen LogP contribution in [0.3, 0.4) is 0 Å². The molecule has 0 aromatic heterocycles. The van der Waals surface area contributed by atoms with E-state index in [-0.39, 0.29) is 11.8 Å². The lowest BCUT2D eigenvalue weighted by Gasteiger charge is -2.27. The second-order valence-corrected chi connectivity index (χ2v) is 5.42. The van der Waals surface area contributed by atoms with Gasteiger partial charge in [-0.25, -0.2) is 0 Å². The molecule has 0 aliphatic carbocycles. The van der Waals surface area contributed by atoms with Crippen molar-refractivity contribution in [3.63, 3.8) is 0 Å². The molecule has 1 aromatic rings. The van der Waals surface area contributed by atoms with E-state index in [4.69, 9.17) is 4.74 Å². The Bertz CT molecular complexity index is 464. The van der Waals surface area contributed by atoms with Crippen molar-refractivity contribution in [1.29, 1.82) is 0 Å².